The number of anilines is 1. The van der Waals surface area contributed by atoms with Crippen LogP contribution in [0.3, 0.4) is 0 Å². The monoisotopic (exact) mass is 374 g/mol. The fraction of sp³-hybridized carbons (Fsp3) is 0.600. The normalized spacial score (nSPS) is 18.2. The second-order valence-electron chi connectivity index (χ2n) is 5.94. The highest BCUT2D eigenvalue weighted by Gasteiger charge is 2.23. The first-order valence-electron chi connectivity index (χ1n) is 7.32. The highest BCUT2D eigenvalue weighted by Crippen LogP contribution is 2.26. The van der Waals surface area contributed by atoms with E-state index in [2.05, 4.69) is 52.1 Å². The first kappa shape index (κ1) is 16.8. The molecule has 0 aliphatic carbocycles. The third kappa shape index (κ3) is 4.97. The first-order chi connectivity index (χ1) is 9.87. The number of nitrogens with zero attached hydrogens (tertiary/aromatic N) is 1. The van der Waals surface area contributed by atoms with E-state index in [0.29, 0.717) is 19.0 Å². The minimum absolute atomic E-state index is 0.248. The Balaban J connectivity index is 2.12. The molecule has 0 atom stereocenters. The van der Waals surface area contributed by atoms with Crippen molar-refractivity contribution in [3.05, 3.63) is 28.2 Å². The van der Waals surface area contributed by atoms with Crippen molar-refractivity contribution in [3.63, 3.8) is 0 Å². The molecule has 0 spiro atoms. The topological polar surface area (TPSA) is 49.4 Å². The van der Waals surface area contributed by atoms with E-state index in [0.717, 1.165) is 23.2 Å². The minimum atomic E-state index is -2.84. The largest absolute Gasteiger partial charge is 0.369 e. The summed E-state index contributed by atoms with van der Waals surface area (Å²) < 4.78 is 24.2. The van der Waals surface area contributed by atoms with Crippen molar-refractivity contribution < 1.29 is 8.42 Å². The Morgan fingerprint density at radius 2 is 1.95 bits per heavy atom. The van der Waals surface area contributed by atoms with Crippen molar-refractivity contribution in [2.24, 2.45) is 5.92 Å². The molecule has 1 N–H and O–H groups in total. The lowest BCUT2D eigenvalue weighted by Crippen LogP contribution is -2.41. The van der Waals surface area contributed by atoms with E-state index < -0.39 is 9.84 Å². The summed E-state index contributed by atoms with van der Waals surface area (Å²) in [6.07, 6.45) is 0. The van der Waals surface area contributed by atoms with Crippen LogP contribution in [0.15, 0.2) is 22.7 Å². The van der Waals surface area contributed by atoms with Gasteiger partial charge in [0.25, 0.3) is 0 Å². The van der Waals surface area contributed by atoms with Crippen LogP contribution in [-0.2, 0) is 16.4 Å². The van der Waals surface area contributed by atoms with E-state index in [-0.39, 0.29) is 11.5 Å². The van der Waals surface area contributed by atoms with Gasteiger partial charge >= 0.3 is 0 Å². The Morgan fingerprint density at radius 3 is 2.57 bits per heavy atom. The molecule has 4 nitrogen and oxygen atoms in total. The standard InChI is InChI=1S/C15H23BrN2O2S/c1-12(2)10-17-11-13-3-4-14(16)9-15(13)18-5-7-21(19,20)8-6-18/h3-4,9,12,17H,5-8,10-11H2,1-2H3. The number of rotatable bonds is 5. The van der Waals surface area contributed by atoms with E-state index in [9.17, 15) is 8.42 Å². The second-order valence-corrected chi connectivity index (χ2v) is 9.16. The van der Waals surface area contributed by atoms with Crippen LogP contribution < -0.4 is 10.2 Å². The third-order valence-electron chi connectivity index (χ3n) is 3.60. The van der Waals surface area contributed by atoms with Crippen molar-refractivity contribution in [2.75, 3.05) is 36.0 Å². The predicted molar refractivity (Wildman–Crippen MR) is 91.6 cm³/mol. The van der Waals surface area contributed by atoms with Gasteiger partial charge in [0.1, 0.15) is 0 Å². The SMILES string of the molecule is CC(C)CNCc1ccc(Br)cc1N1CCS(=O)(=O)CC1. The van der Waals surface area contributed by atoms with Crippen molar-refractivity contribution in [1.82, 2.24) is 5.32 Å². The van der Waals surface area contributed by atoms with Crippen molar-refractivity contribution >= 4 is 31.5 Å². The van der Waals surface area contributed by atoms with Gasteiger partial charge in [-0.3, -0.25) is 0 Å². The van der Waals surface area contributed by atoms with Gasteiger partial charge in [0, 0.05) is 29.8 Å². The van der Waals surface area contributed by atoms with E-state index >= 15 is 0 Å². The molecule has 118 valence electrons. The van der Waals surface area contributed by atoms with Crippen LogP contribution in [0.2, 0.25) is 0 Å². The smallest absolute Gasteiger partial charge is 0.153 e. The van der Waals surface area contributed by atoms with Gasteiger partial charge in [0.2, 0.25) is 0 Å². The molecule has 0 saturated carbocycles. The lowest BCUT2D eigenvalue weighted by atomic mass is 10.1. The number of halogens is 1. The molecule has 1 fully saturated rings. The summed E-state index contributed by atoms with van der Waals surface area (Å²) in [5.41, 5.74) is 2.36. The fourth-order valence-corrected chi connectivity index (χ4v) is 3.98. The average Bonchev–Trinajstić information content (AvgIpc) is 2.40. The van der Waals surface area contributed by atoms with Crippen LogP contribution in [0, 0.1) is 5.92 Å². The van der Waals surface area contributed by atoms with Crippen LogP contribution in [0.4, 0.5) is 5.69 Å². The van der Waals surface area contributed by atoms with E-state index in [1.54, 1.807) is 0 Å². The van der Waals surface area contributed by atoms with Gasteiger partial charge in [-0.1, -0.05) is 35.8 Å². The summed E-state index contributed by atoms with van der Waals surface area (Å²) in [7, 11) is -2.84. The maximum atomic E-state index is 11.6. The molecule has 21 heavy (non-hydrogen) atoms. The van der Waals surface area contributed by atoms with Crippen LogP contribution in [-0.4, -0.2) is 39.6 Å². The number of nitrogens with one attached hydrogen (secondary N) is 1. The molecule has 0 radical (unpaired) electrons. The zero-order valence-corrected chi connectivity index (χ0v) is 15.0. The summed E-state index contributed by atoms with van der Waals surface area (Å²) in [4.78, 5) is 2.18. The van der Waals surface area contributed by atoms with Crippen LogP contribution in [0.5, 0.6) is 0 Å². The van der Waals surface area contributed by atoms with Gasteiger partial charge < -0.3 is 10.2 Å². The molecular formula is C15H23BrN2O2S. The van der Waals surface area contributed by atoms with Gasteiger partial charge in [-0.25, -0.2) is 8.42 Å². The maximum absolute atomic E-state index is 11.6. The third-order valence-corrected chi connectivity index (χ3v) is 5.70. The zero-order chi connectivity index (χ0) is 15.5. The molecule has 1 aliphatic heterocycles. The van der Waals surface area contributed by atoms with E-state index in [1.165, 1.54) is 5.56 Å². The number of hydrogen-bond acceptors (Lipinski definition) is 4. The van der Waals surface area contributed by atoms with Gasteiger partial charge in [-0.15, -0.1) is 0 Å². The van der Waals surface area contributed by atoms with Crippen molar-refractivity contribution in [2.45, 2.75) is 20.4 Å². The first-order valence-corrected chi connectivity index (χ1v) is 9.93. The second kappa shape index (κ2) is 7.11. The van der Waals surface area contributed by atoms with Crippen LogP contribution in [0.1, 0.15) is 19.4 Å². The summed E-state index contributed by atoms with van der Waals surface area (Å²) in [6.45, 7) is 7.32. The lowest BCUT2D eigenvalue weighted by molar-refractivity contribution is 0.551. The molecule has 0 aromatic heterocycles. The number of benzene rings is 1. The summed E-state index contributed by atoms with van der Waals surface area (Å²) >= 11 is 3.51. The molecule has 1 aromatic rings. The lowest BCUT2D eigenvalue weighted by Gasteiger charge is -2.31. The Bertz CT molecular complexity index is 573. The molecule has 6 heteroatoms. The Kier molecular flexibility index (Phi) is 5.68. The molecular weight excluding hydrogens is 352 g/mol. The van der Waals surface area contributed by atoms with Gasteiger partial charge in [-0.05, 0) is 30.2 Å². The van der Waals surface area contributed by atoms with E-state index in [4.69, 9.17) is 0 Å². The maximum Gasteiger partial charge on any atom is 0.153 e. The van der Waals surface area contributed by atoms with Crippen molar-refractivity contribution in [3.8, 4) is 0 Å². The highest BCUT2D eigenvalue weighted by atomic mass is 79.9. The predicted octanol–water partition coefficient (Wildman–Crippen LogP) is 2.43. The summed E-state index contributed by atoms with van der Waals surface area (Å²) in [6, 6.07) is 6.23. The van der Waals surface area contributed by atoms with Gasteiger partial charge in [0.05, 0.1) is 11.5 Å². The van der Waals surface area contributed by atoms with Crippen LogP contribution in [0.25, 0.3) is 0 Å². The number of sulfone groups is 1. The minimum Gasteiger partial charge on any atom is -0.369 e. The highest BCUT2D eigenvalue weighted by molar-refractivity contribution is 9.10. The Morgan fingerprint density at radius 1 is 1.29 bits per heavy atom. The van der Waals surface area contributed by atoms with Gasteiger partial charge in [0.15, 0.2) is 9.84 Å². The van der Waals surface area contributed by atoms with Crippen molar-refractivity contribution in [1.29, 1.82) is 0 Å². The molecule has 0 unspecified atom stereocenters. The Labute approximate surface area is 136 Å². The van der Waals surface area contributed by atoms with Gasteiger partial charge in [-0.2, -0.15) is 0 Å². The quantitative estimate of drug-likeness (QED) is 0.859. The number of hydrogen-bond donors (Lipinski definition) is 1. The molecule has 0 bridgehead atoms. The van der Waals surface area contributed by atoms with E-state index in [1.807, 2.05) is 6.07 Å². The molecule has 1 aliphatic rings. The summed E-state index contributed by atoms with van der Waals surface area (Å²) in [5, 5.41) is 3.46. The fourth-order valence-electron chi connectivity index (χ4n) is 2.43. The molecule has 1 heterocycles. The zero-order valence-electron chi connectivity index (χ0n) is 12.6. The average molecular weight is 375 g/mol. The molecule has 1 saturated heterocycles. The molecule has 2 rings (SSSR count). The Hall–Kier alpha value is -0.590. The molecule has 1 aromatic carbocycles. The summed E-state index contributed by atoms with van der Waals surface area (Å²) in [5.74, 6) is 1.11. The van der Waals surface area contributed by atoms with Crippen LogP contribution >= 0.6 is 15.9 Å². The molecule has 0 amide bonds.